The number of amides is 1. The molecule has 2 N–H and O–H groups in total. The van der Waals surface area contributed by atoms with Crippen LogP contribution in [0.15, 0.2) is 12.4 Å². The molecule has 0 saturated carbocycles. The molecule has 0 unspecified atom stereocenters. The van der Waals surface area contributed by atoms with Crippen LogP contribution in [0.5, 0.6) is 0 Å². The van der Waals surface area contributed by atoms with Gasteiger partial charge in [0.05, 0.1) is 0 Å². The van der Waals surface area contributed by atoms with Crippen molar-refractivity contribution in [2.24, 2.45) is 0 Å². The molecule has 0 aliphatic rings. The smallest absolute Gasteiger partial charge is 0.422 e. The molecule has 0 atom stereocenters. The number of halogens is 7. The number of nitrogens with one attached hydrogen (secondary N) is 1. The number of nitrogens with zero attached hydrogens (tertiary/aromatic N) is 2. The lowest BCUT2D eigenvalue weighted by molar-refractivity contribution is -0.143. The first-order chi connectivity index (χ1) is 12.0. The van der Waals surface area contributed by atoms with Crippen LogP contribution in [-0.2, 0) is 6.18 Å². The van der Waals surface area contributed by atoms with E-state index in [1.165, 1.54) is 5.32 Å². The molecule has 2 aromatic rings. The number of rotatable bonds is 3. The van der Waals surface area contributed by atoms with Crippen molar-refractivity contribution in [3.63, 3.8) is 0 Å². The SMILES string of the molecule is O=C(O)c1nccnc1C(=O)Nc1c(F)c(F)c(C(F)(F)F)c(F)c1F. The molecule has 0 spiro atoms. The van der Waals surface area contributed by atoms with Crippen molar-refractivity contribution in [2.75, 3.05) is 5.32 Å². The number of carboxylic acid groups (broad SMARTS) is 1. The van der Waals surface area contributed by atoms with Crippen molar-refractivity contribution < 1.29 is 45.4 Å². The van der Waals surface area contributed by atoms with Gasteiger partial charge in [0.2, 0.25) is 0 Å². The highest BCUT2D eigenvalue weighted by atomic mass is 19.4. The Labute approximate surface area is 138 Å². The van der Waals surface area contributed by atoms with Gasteiger partial charge in [-0.1, -0.05) is 0 Å². The maximum Gasteiger partial charge on any atom is 0.422 e. The predicted octanol–water partition coefficient (Wildman–Crippen LogP) is 3.00. The zero-order valence-electron chi connectivity index (χ0n) is 12.0. The minimum absolute atomic E-state index is 0.821. The van der Waals surface area contributed by atoms with Crippen molar-refractivity contribution >= 4 is 17.6 Å². The highest BCUT2D eigenvalue weighted by Gasteiger charge is 2.42. The number of hydrogen-bond donors (Lipinski definition) is 2. The van der Waals surface area contributed by atoms with Gasteiger partial charge in [0.1, 0.15) is 11.3 Å². The Morgan fingerprint density at radius 2 is 1.35 bits per heavy atom. The van der Waals surface area contributed by atoms with Gasteiger partial charge < -0.3 is 10.4 Å². The van der Waals surface area contributed by atoms with Gasteiger partial charge in [0.15, 0.2) is 34.7 Å². The number of carboxylic acids is 1. The first-order valence-corrected chi connectivity index (χ1v) is 6.25. The number of alkyl halides is 3. The number of anilines is 1. The lowest BCUT2D eigenvalue weighted by Crippen LogP contribution is -2.23. The molecule has 26 heavy (non-hydrogen) atoms. The maximum atomic E-state index is 13.7. The Bertz CT molecular complexity index is 886. The van der Waals surface area contributed by atoms with Crippen LogP contribution in [-0.4, -0.2) is 27.0 Å². The second-order valence-corrected chi connectivity index (χ2v) is 4.52. The normalized spacial score (nSPS) is 11.3. The van der Waals surface area contributed by atoms with Gasteiger partial charge in [-0.3, -0.25) is 4.79 Å². The standard InChI is InChI=1S/C13H4F7N3O3/c14-4-3(13(18,19)20)5(15)7(17)8(6(4)16)23-11(24)9-10(12(25)26)22-2-1-21-9/h1-2H,(H,23,24)(H,25,26). The topological polar surface area (TPSA) is 92.2 Å². The number of carbonyl (C=O) groups is 2. The Morgan fingerprint density at radius 3 is 1.77 bits per heavy atom. The van der Waals surface area contributed by atoms with Gasteiger partial charge in [0, 0.05) is 12.4 Å². The molecule has 0 aliphatic carbocycles. The zero-order valence-corrected chi connectivity index (χ0v) is 12.0. The third-order valence-corrected chi connectivity index (χ3v) is 2.90. The quantitative estimate of drug-likeness (QED) is 0.628. The summed E-state index contributed by atoms with van der Waals surface area (Å²) in [5.74, 6) is -14.1. The van der Waals surface area contributed by atoms with Crippen LogP contribution >= 0.6 is 0 Å². The second kappa shape index (κ2) is 6.57. The third kappa shape index (κ3) is 3.27. The largest absolute Gasteiger partial charge is 0.476 e. The van der Waals surface area contributed by atoms with Crippen molar-refractivity contribution in [2.45, 2.75) is 6.18 Å². The van der Waals surface area contributed by atoms with Crippen LogP contribution < -0.4 is 5.32 Å². The minimum Gasteiger partial charge on any atom is -0.476 e. The Kier molecular flexibility index (Phi) is 4.82. The summed E-state index contributed by atoms with van der Waals surface area (Å²) in [4.78, 5) is 29.3. The summed E-state index contributed by atoms with van der Waals surface area (Å²) in [5.41, 5.74) is -6.69. The number of aromatic carboxylic acids is 1. The van der Waals surface area contributed by atoms with E-state index in [-0.39, 0.29) is 0 Å². The number of hydrogen-bond acceptors (Lipinski definition) is 4. The molecule has 1 heterocycles. The molecule has 0 radical (unpaired) electrons. The molecule has 13 heteroatoms. The van der Waals surface area contributed by atoms with Gasteiger partial charge in [-0.25, -0.2) is 32.3 Å². The average molecular weight is 383 g/mol. The third-order valence-electron chi connectivity index (χ3n) is 2.90. The van der Waals surface area contributed by atoms with Gasteiger partial charge in [0.25, 0.3) is 5.91 Å². The van der Waals surface area contributed by atoms with E-state index < -0.39 is 64.0 Å². The summed E-state index contributed by atoms with van der Waals surface area (Å²) in [5, 5.41) is 10.1. The molecule has 1 amide bonds. The first-order valence-electron chi connectivity index (χ1n) is 6.25. The lowest BCUT2D eigenvalue weighted by atomic mass is 10.1. The number of benzene rings is 1. The van der Waals surface area contributed by atoms with E-state index in [0.717, 1.165) is 12.4 Å². The van der Waals surface area contributed by atoms with E-state index in [9.17, 15) is 40.3 Å². The fourth-order valence-corrected chi connectivity index (χ4v) is 1.82. The molecular formula is C13H4F7N3O3. The molecule has 138 valence electrons. The molecule has 0 aliphatic heterocycles. The van der Waals surface area contributed by atoms with Crippen LogP contribution in [0, 0.1) is 23.3 Å². The number of carbonyl (C=O) groups excluding carboxylic acids is 1. The summed E-state index contributed by atoms with van der Waals surface area (Å²) in [6, 6.07) is 0. The van der Waals surface area contributed by atoms with Gasteiger partial charge in [-0.05, 0) is 0 Å². The van der Waals surface area contributed by atoms with E-state index in [2.05, 4.69) is 9.97 Å². The second-order valence-electron chi connectivity index (χ2n) is 4.52. The molecule has 0 saturated heterocycles. The summed E-state index contributed by atoms with van der Waals surface area (Å²) >= 11 is 0. The van der Waals surface area contributed by atoms with Crippen LogP contribution in [0.4, 0.5) is 36.4 Å². The molecule has 0 fully saturated rings. The van der Waals surface area contributed by atoms with E-state index in [0.29, 0.717) is 0 Å². The van der Waals surface area contributed by atoms with Gasteiger partial charge in [-0.2, -0.15) is 13.2 Å². The Balaban J connectivity index is 2.55. The maximum absolute atomic E-state index is 13.7. The van der Waals surface area contributed by atoms with Gasteiger partial charge >= 0.3 is 12.1 Å². The van der Waals surface area contributed by atoms with Crippen LogP contribution in [0.2, 0.25) is 0 Å². The summed E-state index contributed by atoms with van der Waals surface area (Å²) in [6.45, 7) is 0. The molecular weight excluding hydrogens is 379 g/mol. The van der Waals surface area contributed by atoms with Crippen LogP contribution in [0.3, 0.4) is 0 Å². The average Bonchev–Trinajstić information content (AvgIpc) is 2.55. The summed E-state index contributed by atoms with van der Waals surface area (Å²) in [7, 11) is 0. The molecule has 6 nitrogen and oxygen atoms in total. The van der Waals surface area contributed by atoms with Crippen LogP contribution in [0.25, 0.3) is 0 Å². The van der Waals surface area contributed by atoms with E-state index in [1.54, 1.807) is 0 Å². The minimum atomic E-state index is -5.75. The summed E-state index contributed by atoms with van der Waals surface area (Å²) in [6.07, 6.45) is -4.07. The summed E-state index contributed by atoms with van der Waals surface area (Å²) < 4.78 is 91.9. The first kappa shape index (κ1) is 19.1. The Hall–Kier alpha value is -3.25. The van der Waals surface area contributed by atoms with Crippen molar-refractivity contribution in [1.82, 2.24) is 9.97 Å². The molecule has 2 rings (SSSR count). The monoisotopic (exact) mass is 383 g/mol. The lowest BCUT2D eigenvalue weighted by Gasteiger charge is -2.14. The van der Waals surface area contributed by atoms with Crippen LogP contribution in [0.1, 0.15) is 26.5 Å². The van der Waals surface area contributed by atoms with E-state index in [4.69, 9.17) is 5.11 Å². The van der Waals surface area contributed by atoms with Crippen molar-refractivity contribution in [1.29, 1.82) is 0 Å². The van der Waals surface area contributed by atoms with Gasteiger partial charge in [-0.15, -0.1) is 0 Å². The number of aromatic nitrogens is 2. The molecule has 1 aromatic carbocycles. The zero-order chi connectivity index (χ0) is 19.8. The van der Waals surface area contributed by atoms with Crippen molar-refractivity contribution in [3.05, 3.63) is 52.6 Å². The highest BCUT2D eigenvalue weighted by Crippen LogP contribution is 2.38. The van der Waals surface area contributed by atoms with E-state index in [1.807, 2.05) is 0 Å². The molecule has 0 bridgehead atoms. The Morgan fingerprint density at radius 1 is 0.885 bits per heavy atom. The van der Waals surface area contributed by atoms with Crippen molar-refractivity contribution in [3.8, 4) is 0 Å². The molecule has 1 aromatic heterocycles. The fraction of sp³-hybridized carbons (Fsp3) is 0.0769. The van der Waals surface area contributed by atoms with E-state index >= 15 is 0 Å². The highest BCUT2D eigenvalue weighted by molar-refractivity contribution is 6.08. The predicted molar refractivity (Wildman–Crippen MR) is 68.2 cm³/mol. The fourth-order valence-electron chi connectivity index (χ4n) is 1.82.